The van der Waals surface area contributed by atoms with E-state index in [1.54, 1.807) is 36.4 Å². The minimum absolute atomic E-state index is 0.402. The third kappa shape index (κ3) is 3.33. The summed E-state index contributed by atoms with van der Waals surface area (Å²) >= 11 is 5.78. The van der Waals surface area contributed by atoms with Crippen molar-refractivity contribution in [3.8, 4) is 11.3 Å². The number of benzene rings is 1. The number of carbonyl (C=O) groups is 2. The van der Waals surface area contributed by atoms with Crippen LogP contribution >= 0.6 is 11.6 Å². The molecule has 0 aliphatic heterocycles. The predicted molar refractivity (Wildman–Crippen MR) is 70.8 cm³/mol. The highest BCUT2D eigenvalue weighted by molar-refractivity contribution is 6.38. The second kappa shape index (κ2) is 5.54. The van der Waals surface area contributed by atoms with Crippen LogP contribution in [0, 0.1) is 0 Å². The number of ketones is 1. The van der Waals surface area contributed by atoms with Gasteiger partial charge in [0, 0.05) is 10.6 Å². The lowest BCUT2D eigenvalue weighted by Gasteiger charge is -1.96. The molecule has 4 nitrogen and oxygen atoms in total. The Hall–Kier alpha value is -2.33. The third-order valence-corrected chi connectivity index (χ3v) is 2.62. The Balaban J connectivity index is 2.17. The summed E-state index contributed by atoms with van der Waals surface area (Å²) in [5.74, 6) is -1.48. The minimum atomic E-state index is -1.50. The van der Waals surface area contributed by atoms with E-state index in [0.29, 0.717) is 16.5 Å². The fourth-order valence-electron chi connectivity index (χ4n) is 1.44. The molecule has 1 aromatic heterocycles. The molecule has 0 bridgehead atoms. The topological polar surface area (TPSA) is 67.5 Å². The zero-order valence-electron chi connectivity index (χ0n) is 9.67. The highest BCUT2D eigenvalue weighted by Gasteiger charge is 2.07. The first-order valence-electron chi connectivity index (χ1n) is 5.37. The number of carbonyl (C=O) groups excluding carboxylic acids is 1. The zero-order valence-corrected chi connectivity index (χ0v) is 10.4. The summed E-state index contributed by atoms with van der Waals surface area (Å²) in [5.41, 5.74) is 0.841. The lowest BCUT2D eigenvalue weighted by atomic mass is 10.2. The number of aliphatic carboxylic acids is 1. The lowest BCUT2D eigenvalue weighted by molar-refractivity contribution is -0.146. The number of halogens is 1. The molecule has 2 rings (SSSR count). The van der Waals surface area contributed by atoms with E-state index in [4.69, 9.17) is 21.1 Å². The maximum atomic E-state index is 10.9. The molecule has 5 heteroatoms. The second-order valence-electron chi connectivity index (χ2n) is 3.71. The molecule has 0 saturated heterocycles. The highest BCUT2D eigenvalue weighted by atomic mass is 35.5. The van der Waals surface area contributed by atoms with Gasteiger partial charge in [-0.2, -0.15) is 0 Å². The average Bonchev–Trinajstić information content (AvgIpc) is 2.85. The van der Waals surface area contributed by atoms with E-state index < -0.39 is 11.8 Å². The summed E-state index contributed by atoms with van der Waals surface area (Å²) in [6, 6.07) is 10.5. The number of rotatable bonds is 4. The van der Waals surface area contributed by atoms with Crippen molar-refractivity contribution in [3.63, 3.8) is 0 Å². The van der Waals surface area contributed by atoms with Crippen LogP contribution in [0.25, 0.3) is 17.4 Å². The molecular weight excluding hydrogens is 268 g/mol. The molecule has 0 aliphatic carbocycles. The molecule has 19 heavy (non-hydrogen) atoms. The van der Waals surface area contributed by atoms with Crippen molar-refractivity contribution < 1.29 is 19.1 Å². The predicted octanol–water partition coefficient (Wildman–Crippen LogP) is 3.27. The van der Waals surface area contributed by atoms with Crippen LogP contribution in [0.2, 0.25) is 5.02 Å². The number of furan rings is 1. The Morgan fingerprint density at radius 2 is 1.79 bits per heavy atom. The Morgan fingerprint density at radius 1 is 1.11 bits per heavy atom. The van der Waals surface area contributed by atoms with Crippen molar-refractivity contribution in [2.24, 2.45) is 0 Å². The van der Waals surface area contributed by atoms with Crippen LogP contribution in [-0.4, -0.2) is 16.9 Å². The number of carboxylic acids is 1. The van der Waals surface area contributed by atoms with Gasteiger partial charge in [0.05, 0.1) is 0 Å². The van der Waals surface area contributed by atoms with Crippen LogP contribution in [0.15, 0.2) is 46.9 Å². The van der Waals surface area contributed by atoms with Crippen LogP contribution in [-0.2, 0) is 9.59 Å². The van der Waals surface area contributed by atoms with Gasteiger partial charge in [-0.25, -0.2) is 4.79 Å². The summed E-state index contributed by atoms with van der Waals surface area (Å²) in [6.45, 7) is 0. The van der Waals surface area contributed by atoms with Crippen LogP contribution in [0.1, 0.15) is 5.76 Å². The monoisotopic (exact) mass is 276 g/mol. The first kappa shape index (κ1) is 13.1. The van der Waals surface area contributed by atoms with Gasteiger partial charge in [0.2, 0.25) is 0 Å². The van der Waals surface area contributed by atoms with Crippen molar-refractivity contribution in [3.05, 3.63) is 53.3 Å². The second-order valence-corrected chi connectivity index (χ2v) is 4.15. The van der Waals surface area contributed by atoms with Gasteiger partial charge in [-0.3, -0.25) is 4.79 Å². The quantitative estimate of drug-likeness (QED) is 0.687. The van der Waals surface area contributed by atoms with Gasteiger partial charge in [-0.05, 0) is 48.6 Å². The Labute approximate surface area is 113 Å². The lowest BCUT2D eigenvalue weighted by Crippen LogP contribution is -2.08. The first-order chi connectivity index (χ1) is 9.06. The SMILES string of the molecule is O=C(O)C(=O)/C=C/c1ccc(-c2ccc(Cl)cc2)o1. The molecule has 1 heterocycles. The fourth-order valence-corrected chi connectivity index (χ4v) is 1.57. The summed E-state index contributed by atoms with van der Waals surface area (Å²) in [4.78, 5) is 21.2. The zero-order chi connectivity index (χ0) is 13.8. The molecule has 1 N–H and O–H groups in total. The number of hydrogen-bond donors (Lipinski definition) is 1. The molecular formula is C14H9ClO4. The van der Waals surface area contributed by atoms with E-state index in [1.165, 1.54) is 6.08 Å². The fraction of sp³-hybridized carbons (Fsp3) is 0. The van der Waals surface area contributed by atoms with Crippen molar-refractivity contribution in [2.75, 3.05) is 0 Å². The summed E-state index contributed by atoms with van der Waals surface area (Å²) in [7, 11) is 0. The Kier molecular flexibility index (Phi) is 3.82. The maximum Gasteiger partial charge on any atom is 0.376 e. The molecule has 96 valence electrons. The van der Waals surface area contributed by atoms with Gasteiger partial charge >= 0.3 is 5.97 Å². The van der Waals surface area contributed by atoms with E-state index in [-0.39, 0.29) is 0 Å². The van der Waals surface area contributed by atoms with E-state index in [0.717, 1.165) is 11.6 Å². The Bertz CT molecular complexity index is 638. The molecule has 2 aromatic rings. The molecule has 0 fully saturated rings. The molecule has 1 aromatic carbocycles. The van der Waals surface area contributed by atoms with Gasteiger partial charge in [-0.15, -0.1) is 0 Å². The van der Waals surface area contributed by atoms with Crippen LogP contribution in [0.5, 0.6) is 0 Å². The van der Waals surface area contributed by atoms with Crippen molar-refractivity contribution >= 4 is 29.4 Å². The standard InChI is InChI=1S/C14H9ClO4/c15-10-3-1-9(2-4-10)13-8-6-11(19-13)5-7-12(16)14(17)18/h1-8H,(H,17,18)/b7-5+. The van der Waals surface area contributed by atoms with E-state index in [9.17, 15) is 9.59 Å². The normalized spacial score (nSPS) is 10.8. The molecule has 0 amide bonds. The van der Waals surface area contributed by atoms with Crippen molar-refractivity contribution in [1.82, 2.24) is 0 Å². The molecule has 0 unspecified atom stereocenters. The van der Waals surface area contributed by atoms with Crippen LogP contribution in [0.3, 0.4) is 0 Å². The minimum Gasteiger partial charge on any atom is -0.475 e. The van der Waals surface area contributed by atoms with E-state index in [2.05, 4.69) is 0 Å². The smallest absolute Gasteiger partial charge is 0.376 e. The van der Waals surface area contributed by atoms with E-state index in [1.807, 2.05) is 0 Å². The molecule has 0 spiro atoms. The van der Waals surface area contributed by atoms with Gasteiger partial charge in [0.15, 0.2) is 0 Å². The van der Waals surface area contributed by atoms with Gasteiger partial charge < -0.3 is 9.52 Å². The number of carboxylic acid groups (broad SMARTS) is 1. The highest BCUT2D eigenvalue weighted by Crippen LogP contribution is 2.24. The van der Waals surface area contributed by atoms with Gasteiger partial charge in [0.25, 0.3) is 5.78 Å². The summed E-state index contributed by atoms with van der Waals surface area (Å²) < 4.78 is 5.46. The van der Waals surface area contributed by atoms with Crippen molar-refractivity contribution in [1.29, 1.82) is 0 Å². The Morgan fingerprint density at radius 3 is 2.42 bits per heavy atom. The molecule has 0 aliphatic rings. The van der Waals surface area contributed by atoms with E-state index >= 15 is 0 Å². The summed E-state index contributed by atoms with van der Waals surface area (Å²) in [5, 5.41) is 9.05. The third-order valence-electron chi connectivity index (χ3n) is 2.37. The molecule has 0 radical (unpaired) electrons. The largest absolute Gasteiger partial charge is 0.475 e. The molecule has 0 atom stereocenters. The maximum absolute atomic E-state index is 10.9. The van der Waals surface area contributed by atoms with Gasteiger partial charge in [-0.1, -0.05) is 11.6 Å². The van der Waals surface area contributed by atoms with Gasteiger partial charge in [0.1, 0.15) is 11.5 Å². The van der Waals surface area contributed by atoms with Crippen LogP contribution < -0.4 is 0 Å². The number of hydrogen-bond acceptors (Lipinski definition) is 3. The average molecular weight is 277 g/mol. The van der Waals surface area contributed by atoms with Crippen LogP contribution in [0.4, 0.5) is 0 Å². The van der Waals surface area contributed by atoms with Crippen molar-refractivity contribution in [2.45, 2.75) is 0 Å². The first-order valence-corrected chi connectivity index (χ1v) is 5.75. The summed E-state index contributed by atoms with van der Waals surface area (Å²) in [6.07, 6.45) is 2.27. The molecule has 0 saturated carbocycles.